The molecule has 2 aliphatic rings. The van der Waals surface area contributed by atoms with E-state index in [9.17, 15) is 9.59 Å². The summed E-state index contributed by atoms with van der Waals surface area (Å²) >= 11 is 0. The van der Waals surface area contributed by atoms with E-state index in [4.69, 9.17) is 14.2 Å². The van der Waals surface area contributed by atoms with Gasteiger partial charge in [-0.15, -0.1) is 0 Å². The van der Waals surface area contributed by atoms with Crippen molar-refractivity contribution in [1.29, 1.82) is 0 Å². The molecule has 1 aromatic heterocycles. The van der Waals surface area contributed by atoms with Gasteiger partial charge in [0.25, 0.3) is 5.91 Å². The van der Waals surface area contributed by atoms with Crippen LogP contribution in [0.5, 0.6) is 5.75 Å². The first-order valence-corrected chi connectivity index (χ1v) is 11.2. The van der Waals surface area contributed by atoms with Crippen molar-refractivity contribution in [2.75, 3.05) is 44.8 Å². The van der Waals surface area contributed by atoms with Crippen LogP contribution in [-0.4, -0.2) is 71.1 Å². The highest BCUT2D eigenvalue weighted by Crippen LogP contribution is 2.35. The van der Waals surface area contributed by atoms with Gasteiger partial charge in [-0.2, -0.15) is 10.1 Å². The van der Waals surface area contributed by atoms with Crippen LogP contribution in [0.3, 0.4) is 0 Å². The monoisotopic (exact) mass is 455 g/mol. The highest BCUT2D eigenvalue weighted by Gasteiger charge is 2.34. The molecule has 1 unspecified atom stereocenters. The van der Waals surface area contributed by atoms with Crippen LogP contribution < -0.4 is 10.1 Å². The summed E-state index contributed by atoms with van der Waals surface area (Å²) < 4.78 is 18.1. The second kappa shape index (κ2) is 10.5. The first-order valence-electron chi connectivity index (χ1n) is 11.2. The van der Waals surface area contributed by atoms with E-state index in [0.717, 1.165) is 18.4 Å². The molecule has 1 aromatic carbocycles. The van der Waals surface area contributed by atoms with Crippen LogP contribution in [0.15, 0.2) is 41.9 Å². The summed E-state index contributed by atoms with van der Waals surface area (Å²) in [6.45, 7) is 6.48. The number of morpholine rings is 1. The molecular weight excluding hydrogens is 426 g/mol. The molecule has 1 N–H and O–H groups in total. The number of benzene rings is 1. The van der Waals surface area contributed by atoms with Gasteiger partial charge in [-0.1, -0.05) is 25.5 Å². The Morgan fingerprint density at radius 3 is 2.70 bits per heavy atom. The van der Waals surface area contributed by atoms with E-state index in [1.165, 1.54) is 6.33 Å². The number of allylic oxidation sites excluding steroid dienone is 1. The summed E-state index contributed by atoms with van der Waals surface area (Å²) in [4.78, 5) is 31.2. The number of aromatic nitrogens is 3. The zero-order valence-electron chi connectivity index (χ0n) is 19.0. The van der Waals surface area contributed by atoms with Gasteiger partial charge in [-0.3, -0.25) is 4.79 Å². The molecule has 2 aliphatic heterocycles. The molecule has 2 aromatic rings. The van der Waals surface area contributed by atoms with Crippen molar-refractivity contribution in [2.45, 2.75) is 32.7 Å². The van der Waals surface area contributed by atoms with Gasteiger partial charge in [0.1, 0.15) is 18.1 Å². The van der Waals surface area contributed by atoms with Gasteiger partial charge >= 0.3 is 5.97 Å². The first kappa shape index (κ1) is 22.8. The number of esters is 1. The van der Waals surface area contributed by atoms with Crippen molar-refractivity contribution in [3.05, 3.63) is 47.4 Å². The summed E-state index contributed by atoms with van der Waals surface area (Å²) in [7, 11) is 0. The third-order valence-electron chi connectivity index (χ3n) is 5.67. The number of nitrogens with one attached hydrogen (secondary N) is 1. The number of unbranched alkanes of at least 4 members (excludes halogenated alkanes) is 1. The van der Waals surface area contributed by atoms with Crippen LogP contribution in [-0.2, 0) is 19.1 Å². The maximum atomic E-state index is 12.9. The number of carbonyl (C=O) groups excluding carboxylic acids is 2. The van der Waals surface area contributed by atoms with Crippen LogP contribution in [0.4, 0.5) is 5.95 Å². The Labute approximate surface area is 192 Å². The van der Waals surface area contributed by atoms with Crippen LogP contribution in [0.1, 0.15) is 38.3 Å². The minimum absolute atomic E-state index is 0.0338. The second-order valence-electron chi connectivity index (χ2n) is 7.93. The van der Waals surface area contributed by atoms with Crippen LogP contribution >= 0.6 is 0 Å². The molecule has 10 heteroatoms. The van der Waals surface area contributed by atoms with E-state index in [1.807, 2.05) is 26.0 Å². The quantitative estimate of drug-likeness (QED) is 0.477. The van der Waals surface area contributed by atoms with Crippen molar-refractivity contribution < 1.29 is 23.8 Å². The SMILES string of the molecule is CCCCOC(=O)C1=C(C)Nc2ncnn2C1c1ccc(OCC(=O)N2CCOCC2)cc1. The Morgan fingerprint density at radius 1 is 1.21 bits per heavy atom. The summed E-state index contributed by atoms with van der Waals surface area (Å²) in [5.74, 6) is 0.680. The van der Waals surface area contributed by atoms with E-state index < -0.39 is 6.04 Å². The summed E-state index contributed by atoms with van der Waals surface area (Å²) in [5, 5.41) is 7.45. The molecule has 3 heterocycles. The largest absolute Gasteiger partial charge is 0.484 e. The molecule has 33 heavy (non-hydrogen) atoms. The Morgan fingerprint density at radius 2 is 1.97 bits per heavy atom. The minimum atomic E-state index is -0.484. The van der Waals surface area contributed by atoms with Gasteiger partial charge in [0, 0.05) is 18.8 Å². The average Bonchev–Trinajstić information content (AvgIpc) is 3.30. The van der Waals surface area contributed by atoms with Gasteiger partial charge in [0.2, 0.25) is 5.95 Å². The number of ether oxygens (including phenoxy) is 3. The summed E-state index contributed by atoms with van der Waals surface area (Å²) in [5.41, 5.74) is 2.00. The molecule has 1 fully saturated rings. The zero-order valence-corrected chi connectivity index (χ0v) is 19.0. The van der Waals surface area contributed by atoms with Crippen LogP contribution in [0.25, 0.3) is 0 Å². The number of nitrogens with zero attached hydrogens (tertiary/aromatic N) is 4. The van der Waals surface area contributed by atoms with E-state index in [0.29, 0.717) is 55.9 Å². The van der Waals surface area contributed by atoms with Gasteiger partial charge in [-0.05, 0) is 31.0 Å². The number of rotatable bonds is 8. The van der Waals surface area contributed by atoms with Crippen molar-refractivity contribution in [2.24, 2.45) is 0 Å². The molecule has 1 amide bonds. The van der Waals surface area contributed by atoms with Gasteiger partial charge < -0.3 is 24.4 Å². The molecule has 4 rings (SSSR count). The fraction of sp³-hybridized carbons (Fsp3) is 0.478. The van der Waals surface area contributed by atoms with Crippen molar-refractivity contribution in [3.63, 3.8) is 0 Å². The lowest BCUT2D eigenvalue weighted by molar-refractivity contribution is -0.140. The molecule has 176 valence electrons. The smallest absolute Gasteiger partial charge is 0.338 e. The maximum Gasteiger partial charge on any atom is 0.338 e. The van der Waals surface area contributed by atoms with Gasteiger partial charge in [0.15, 0.2) is 6.61 Å². The number of anilines is 1. The van der Waals surface area contributed by atoms with Crippen molar-refractivity contribution in [1.82, 2.24) is 19.7 Å². The molecule has 1 atom stereocenters. The third kappa shape index (κ3) is 5.16. The second-order valence-corrected chi connectivity index (χ2v) is 7.93. The lowest BCUT2D eigenvalue weighted by Gasteiger charge is -2.28. The Hall–Kier alpha value is -3.40. The van der Waals surface area contributed by atoms with E-state index >= 15 is 0 Å². The lowest BCUT2D eigenvalue weighted by atomic mass is 9.96. The standard InChI is InChI=1S/C23H29N5O5/c1-3-4-11-32-22(30)20-16(2)26-23-24-15-25-28(23)21(20)17-5-7-18(8-6-17)33-14-19(29)27-9-12-31-13-10-27/h5-8,15,21H,3-4,9-14H2,1-2H3,(H,24,25,26). The predicted molar refractivity (Wildman–Crippen MR) is 120 cm³/mol. The lowest BCUT2D eigenvalue weighted by Crippen LogP contribution is -2.42. The highest BCUT2D eigenvalue weighted by atomic mass is 16.5. The maximum absolute atomic E-state index is 12.9. The predicted octanol–water partition coefficient (Wildman–Crippen LogP) is 2.15. The highest BCUT2D eigenvalue weighted by molar-refractivity contribution is 5.92. The minimum Gasteiger partial charge on any atom is -0.484 e. The molecule has 10 nitrogen and oxygen atoms in total. The third-order valence-corrected chi connectivity index (χ3v) is 5.67. The van der Waals surface area contributed by atoms with Gasteiger partial charge in [0.05, 0.1) is 25.4 Å². The fourth-order valence-corrected chi connectivity index (χ4v) is 3.85. The molecule has 0 saturated carbocycles. The summed E-state index contributed by atoms with van der Waals surface area (Å²) in [6.07, 6.45) is 3.19. The Balaban J connectivity index is 1.49. The van der Waals surface area contributed by atoms with Crippen LogP contribution in [0, 0.1) is 0 Å². The number of amides is 1. The number of fused-ring (bicyclic) bond motifs is 1. The molecule has 0 spiro atoms. The zero-order chi connectivity index (χ0) is 23.2. The van der Waals surface area contributed by atoms with E-state index in [1.54, 1.807) is 21.7 Å². The van der Waals surface area contributed by atoms with E-state index in [2.05, 4.69) is 15.4 Å². The molecule has 0 bridgehead atoms. The molecular formula is C23H29N5O5. The van der Waals surface area contributed by atoms with Crippen LogP contribution in [0.2, 0.25) is 0 Å². The molecule has 0 aliphatic carbocycles. The number of hydrogen-bond acceptors (Lipinski definition) is 8. The van der Waals surface area contributed by atoms with Crippen molar-refractivity contribution >= 4 is 17.8 Å². The Kier molecular flexibility index (Phi) is 7.23. The molecule has 0 radical (unpaired) electrons. The average molecular weight is 456 g/mol. The Bertz CT molecular complexity index is 1010. The van der Waals surface area contributed by atoms with Crippen molar-refractivity contribution in [3.8, 4) is 5.75 Å². The first-order chi connectivity index (χ1) is 16.1. The van der Waals surface area contributed by atoms with Gasteiger partial charge in [-0.25, -0.2) is 9.48 Å². The molecule has 1 saturated heterocycles. The summed E-state index contributed by atoms with van der Waals surface area (Å²) in [6, 6.07) is 6.82. The fourth-order valence-electron chi connectivity index (χ4n) is 3.85. The number of carbonyl (C=O) groups is 2. The number of hydrogen-bond donors (Lipinski definition) is 1. The topological polar surface area (TPSA) is 108 Å². The van der Waals surface area contributed by atoms with E-state index in [-0.39, 0.29) is 18.5 Å². The normalized spacial score (nSPS) is 17.9.